The van der Waals surface area contributed by atoms with Crippen LogP contribution in [0.25, 0.3) is 0 Å². The van der Waals surface area contributed by atoms with Crippen LogP contribution in [0.4, 0.5) is 0 Å². The molecule has 1 aromatic carbocycles. The Morgan fingerprint density at radius 3 is 1.95 bits per heavy atom. The molecule has 7 nitrogen and oxygen atoms in total. The first kappa shape index (κ1) is 15.4. The molecule has 2 rings (SSSR count). The maximum atomic E-state index is 12.3. The molecule has 0 bridgehead atoms. The van der Waals surface area contributed by atoms with Gasteiger partial charge in [-0.15, -0.1) is 0 Å². The van der Waals surface area contributed by atoms with Crippen molar-refractivity contribution < 1.29 is 29.8 Å². The van der Waals surface area contributed by atoms with Crippen LogP contribution in [0.1, 0.15) is 0 Å². The fourth-order valence-corrected chi connectivity index (χ4v) is 9.30. The fraction of sp³-hybridized carbons (Fsp3) is 0.400. The van der Waals surface area contributed by atoms with Crippen LogP contribution < -0.4 is 0 Å². The molecule has 2 unspecified atom stereocenters. The van der Waals surface area contributed by atoms with Gasteiger partial charge in [-0.2, -0.15) is 0 Å². The van der Waals surface area contributed by atoms with Gasteiger partial charge in [0, 0.05) is 0 Å². The summed E-state index contributed by atoms with van der Waals surface area (Å²) in [5.41, 5.74) is 0. The minimum Gasteiger partial charge on any atom is -0.748 e. The van der Waals surface area contributed by atoms with Gasteiger partial charge in [-0.3, -0.25) is 0 Å². The summed E-state index contributed by atoms with van der Waals surface area (Å²) in [5.74, 6) is -1.80. The zero-order valence-electron chi connectivity index (χ0n) is 10.0. The van der Waals surface area contributed by atoms with Crippen molar-refractivity contribution in [2.75, 3.05) is 11.5 Å². The Bertz CT molecular complexity index is 807. The van der Waals surface area contributed by atoms with E-state index < -0.39 is 51.8 Å². The SMILES string of the molecule is O=S1(=O)CC(S(=O)(=O)[O-])C(S(=O)(=O)c2ccccc2)C1. The zero-order valence-corrected chi connectivity index (χ0v) is 12.5. The van der Waals surface area contributed by atoms with Crippen LogP contribution in [-0.4, -0.2) is 51.8 Å². The van der Waals surface area contributed by atoms with Gasteiger partial charge >= 0.3 is 0 Å². The molecule has 0 N–H and O–H groups in total. The molecule has 1 aromatic rings. The average molecular weight is 339 g/mol. The highest BCUT2D eigenvalue weighted by atomic mass is 32.2. The minimum absolute atomic E-state index is 0.198. The van der Waals surface area contributed by atoms with Crippen molar-refractivity contribution in [3.05, 3.63) is 30.3 Å². The fourth-order valence-electron chi connectivity index (χ4n) is 2.13. The van der Waals surface area contributed by atoms with Crippen molar-refractivity contribution in [1.82, 2.24) is 0 Å². The second-order valence-electron chi connectivity index (χ2n) is 4.50. The monoisotopic (exact) mass is 339 g/mol. The molecule has 0 aromatic heterocycles. The lowest BCUT2D eigenvalue weighted by Gasteiger charge is -2.21. The zero-order chi connectivity index (χ0) is 15.2. The van der Waals surface area contributed by atoms with Gasteiger partial charge in [0.05, 0.1) is 37.0 Å². The lowest BCUT2D eigenvalue weighted by Crippen LogP contribution is -2.38. The number of rotatable bonds is 3. The molecule has 0 saturated carbocycles. The molecule has 1 aliphatic heterocycles. The first-order valence-electron chi connectivity index (χ1n) is 5.48. The molecular weight excluding hydrogens is 328 g/mol. The normalized spacial score (nSPS) is 26.4. The van der Waals surface area contributed by atoms with Crippen LogP contribution in [0.5, 0.6) is 0 Å². The molecule has 10 heteroatoms. The van der Waals surface area contributed by atoms with Gasteiger partial charge < -0.3 is 4.55 Å². The average Bonchev–Trinajstić information content (AvgIpc) is 2.67. The summed E-state index contributed by atoms with van der Waals surface area (Å²) in [4.78, 5) is -0.198. The van der Waals surface area contributed by atoms with E-state index in [1.165, 1.54) is 24.3 Å². The lowest BCUT2D eigenvalue weighted by atomic mass is 10.4. The van der Waals surface area contributed by atoms with Gasteiger partial charge in [-0.05, 0) is 12.1 Å². The Morgan fingerprint density at radius 1 is 0.950 bits per heavy atom. The van der Waals surface area contributed by atoms with Crippen LogP contribution in [0.3, 0.4) is 0 Å². The van der Waals surface area contributed by atoms with Crippen LogP contribution in [0.15, 0.2) is 35.2 Å². The second kappa shape index (κ2) is 4.79. The van der Waals surface area contributed by atoms with Crippen molar-refractivity contribution in [3.63, 3.8) is 0 Å². The number of sulfone groups is 2. The van der Waals surface area contributed by atoms with Gasteiger partial charge in [0.25, 0.3) is 0 Å². The first-order chi connectivity index (χ1) is 9.04. The Balaban J connectivity index is 2.56. The first-order valence-corrected chi connectivity index (χ1v) is 10.3. The molecule has 0 amide bonds. The third kappa shape index (κ3) is 2.87. The lowest BCUT2D eigenvalue weighted by molar-refractivity contribution is 0.450. The summed E-state index contributed by atoms with van der Waals surface area (Å²) in [6.45, 7) is 0. The van der Waals surface area contributed by atoms with Gasteiger partial charge in [0.2, 0.25) is 0 Å². The summed E-state index contributed by atoms with van der Waals surface area (Å²) >= 11 is 0. The molecule has 20 heavy (non-hydrogen) atoms. The van der Waals surface area contributed by atoms with Crippen LogP contribution in [-0.2, 0) is 29.8 Å². The Kier molecular flexibility index (Phi) is 3.70. The molecule has 112 valence electrons. The topological polar surface area (TPSA) is 125 Å². The highest BCUT2D eigenvalue weighted by Crippen LogP contribution is 2.29. The Labute approximate surface area is 117 Å². The molecule has 1 heterocycles. The summed E-state index contributed by atoms with van der Waals surface area (Å²) in [6.07, 6.45) is 0. The predicted octanol–water partition coefficient (Wildman–Crippen LogP) is -0.829. The van der Waals surface area contributed by atoms with Gasteiger partial charge in [-0.1, -0.05) is 18.2 Å². The largest absolute Gasteiger partial charge is 0.748 e. The van der Waals surface area contributed by atoms with E-state index in [2.05, 4.69) is 0 Å². The van der Waals surface area contributed by atoms with Crippen LogP contribution in [0, 0.1) is 0 Å². The number of hydrogen-bond donors (Lipinski definition) is 0. The van der Waals surface area contributed by atoms with Crippen molar-refractivity contribution in [2.45, 2.75) is 15.4 Å². The summed E-state index contributed by atoms with van der Waals surface area (Å²) in [6, 6.07) is 6.88. The molecule has 2 atom stereocenters. The van der Waals surface area contributed by atoms with E-state index in [0.717, 1.165) is 0 Å². The quantitative estimate of drug-likeness (QED) is 0.658. The van der Waals surface area contributed by atoms with E-state index in [4.69, 9.17) is 0 Å². The van der Waals surface area contributed by atoms with E-state index in [9.17, 15) is 29.8 Å². The van der Waals surface area contributed by atoms with Crippen molar-refractivity contribution in [2.24, 2.45) is 0 Å². The summed E-state index contributed by atoms with van der Waals surface area (Å²) < 4.78 is 81.0. The Morgan fingerprint density at radius 2 is 1.45 bits per heavy atom. The molecule has 1 saturated heterocycles. The Hall–Kier alpha value is -0.970. The predicted molar refractivity (Wildman–Crippen MR) is 69.6 cm³/mol. The number of benzene rings is 1. The maximum absolute atomic E-state index is 12.3. The van der Waals surface area contributed by atoms with Crippen molar-refractivity contribution in [1.29, 1.82) is 0 Å². The van der Waals surface area contributed by atoms with Gasteiger partial charge in [0.15, 0.2) is 19.7 Å². The smallest absolute Gasteiger partial charge is 0.183 e. The molecular formula is C10H11O7S3-. The molecule has 1 aliphatic rings. The van der Waals surface area contributed by atoms with E-state index in [0.29, 0.717) is 0 Å². The highest BCUT2D eigenvalue weighted by Gasteiger charge is 2.48. The van der Waals surface area contributed by atoms with Crippen molar-refractivity contribution in [3.8, 4) is 0 Å². The molecule has 0 radical (unpaired) electrons. The molecule has 0 spiro atoms. The summed E-state index contributed by atoms with van der Waals surface area (Å²) in [5, 5.41) is -3.71. The van der Waals surface area contributed by atoms with E-state index >= 15 is 0 Å². The third-order valence-corrected chi connectivity index (χ3v) is 8.88. The van der Waals surface area contributed by atoms with Gasteiger partial charge in [0.1, 0.15) is 0 Å². The summed E-state index contributed by atoms with van der Waals surface area (Å²) in [7, 11) is -13.1. The molecule has 1 fully saturated rings. The van der Waals surface area contributed by atoms with Gasteiger partial charge in [-0.25, -0.2) is 25.3 Å². The van der Waals surface area contributed by atoms with Crippen LogP contribution in [0.2, 0.25) is 0 Å². The second-order valence-corrected chi connectivity index (χ2v) is 10.4. The number of hydrogen-bond acceptors (Lipinski definition) is 7. The minimum atomic E-state index is -5.02. The highest BCUT2D eigenvalue weighted by molar-refractivity contribution is 7.99. The third-order valence-electron chi connectivity index (χ3n) is 3.09. The van der Waals surface area contributed by atoms with E-state index in [1.807, 2.05) is 0 Å². The van der Waals surface area contributed by atoms with E-state index in [1.54, 1.807) is 6.07 Å². The van der Waals surface area contributed by atoms with Crippen LogP contribution >= 0.6 is 0 Å². The maximum Gasteiger partial charge on any atom is 0.183 e. The van der Waals surface area contributed by atoms with Crippen molar-refractivity contribution >= 4 is 29.8 Å². The van der Waals surface area contributed by atoms with E-state index in [-0.39, 0.29) is 4.90 Å². The molecule has 0 aliphatic carbocycles. The standard InChI is InChI=1S/C10H12O7S3/c11-18(12)6-9(10(7-18)20(15,16)17)19(13,14)8-4-2-1-3-5-8/h1-5,9-10H,6-7H2,(H,15,16,17)/p-1.